The van der Waals surface area contributed by atoms with Gasteiger partial charge in [0.05, 0.1) is 30.6 Å². The molecule has 1 aliphatic rings. The van der Waals surface area contributed by atoms with Crippen LogP contribution in [0.4, 0.5) is 0 Å². The molecule has 1 aromatic rings. The second-order valence-electron chi connectivity index (χ2n) is 5.06. The van der Waals surface area contributed by atoms with Crippen molar-refractivity contribution in [1.29, 1.82) is 0 Å². The molecule has 2 rings (SSSR count). The third-order valence-corrected chi connectivity index (χ3v) is 3.87. The molecule has 0 bridgehead atoms. The second kappa shape index (κ2) is 7.85. The zero-order valence-corrected chi connectivity index (χ0v) is 13.4. The summed E-state index contributed by atoms with van der Waals surface area (Å²) in [5.41, 5.74) is 7.27. The molecule has 0 amide bonds. The van der Waals surface area contributed by atoms with Crippen molar-refractivity contribution >= 4 is 17.6 Å². The van der Waals surface area contributed by atoms with Crippen molar-refractivity contribution in [1.82, 2.24) is 4.90 Å². The molecule has 3 N–H and O–H groups in total. The van der Waals surface area contributed by atoms with Gasteiger partial charge in [0.2, 0.25) is 0 Å². The van der Waals surface area contributed by atoms with Crippen LogP contribution in [-0.2, 0) is 9.53 Å². The number of nitrogens with zero attached hydrogens (tertiary/aromatic N) is 1. The number of allylic oxidation sites excluding steroid dienone is 2. The quantitative estimate of drug-likeness (QED) is 0.639. The molecular formula is C17H19ClN2O3. The van der Waals surface area contributed by atoms with Gasteiger partial charge in [-0.3, -0.25) is 0 Å². The summed E-state index contributed by atoms with van der Waals surface area (Å²) in [6.07, 6.45) is 4.31. The Morgan fingerprint density at radius 1 is 1.39 bits per heavy atom. The minimum absolute atomic E-state index is 0.0392. The number of carboxylic acids is 1. The predicted molar refractivity (Wildman–Crippen MR) is 89.9 cm³/mol. The maximum Gasteiger partial charge on any atom is 0.335 e. The van der Waals surface area contributed by atoms with E-state index in [0.29, 0.717) is 30.6 Å². The van der Waals surface area contributed by atoms with Crippen LogP contribution in [0.25, 0.3) is 0 Å². The first-order valence-electron chi connectivity index (χ1n) is 7.16. The SMILES string of the molecule is C=C/C(=C\C=C(/N)N1CCOCC1c1ccc(Cl)cc1)C(=O)O. The van der Waals surface area contributed by atoms with Crippen LogP contribution in [-0.4, -0.2) is 35.7 Å². The summed E-state index contributed by atoms with van der Waals surface area (Å²) in [6, 6.07) is 7.48. The van der Waals surface area contributed by atoms with E-state index in [1.54, 1.807) is 6.08 Å². The number of hydrogen-bond acceptors (Lipinski definition) is 4. The number of halogens is 1. The Balaban J connectivity index is 2.25. The molecule has 0 spiro atoms. The van der Waals surface area contributed by atoms with E-state index in [1.165, 1.54) is 12.2 Å². The Bertz CT molecular complexity index is 638. The largest absolute Gasteiger partial charge is 0.478 e. The summed E-state index contributed by atoms with van der Waals surface area (Å²) < 4.78 is 5.55. The molecule has 1 unspecified atom stereocenters. The number of hydrogen-bond donors (Lipinski definition) is 2. The van der Waals surface area contributed by atoms with Crippen LogP contribution in [0.5, 0.6) is 0 Å². The lowest BCUT2D eigenvalue weighted by molar-refractivity contribution is -0.132. The van der Waals surface area contributed by atoms with E-state index in [1.807, 2.05) is 29.2 Å². The van der Waals surface area contributed by atoms with E-state index < -0.39 is 5.97 Å². The van der Waals surface area contributed by atoms with Crippen molar-refractivity contribution < 1.29 is 14.6 Å². The van der Waals surface area contributed by atoms with E-state index in [-0.39, 0.29) is 11.6 Å². The predicted octanol–water partition coefficient (Wildman–Crippen LogP) is 2.71. The molecular weight excluding hydrogens is 316 g/mol. The van der Waals surface area contributed by atoms with Gasteiger partial charge in [-0.2, -0.15) is 0 Å². The lowest BCUT2D eigenvalue weighted by atomic mass is 10.0. The minimum Gasteiger partial charge on any atom is -0.478 e. The molecule has 122 valence electrons. The summed E-state index contributed by atoms with van der Waals surface area (Å²) in [5.74, 6) is -0.561. The van der Waals surface area contributed by atoms with E-state index in [9.17, 15) is 4.79 Å². The first-order valence-corrected chi connectivity index (χ1v) is 7.53. The smallest absolute Gasteiger partial charge is 0.335 e. The highest BCUT2D eigenvalue weighted by Gasteiger charge is 2.25. The summed E-state index contributed by atoms with van der Waals surface area (Å²) in [7, 11) is 0. The Morgan fingerprint density at radius 2 is 2.09 bits per heavy atom. The van der Waals surface area contributed by atoms with E-state index in [0.717, 1.165) is 5.56 Å². The van der Waals surface area contributed by atoms with Gasteiger partial charge in [-0.15, -0.1) is 0 Å². The van der Waals surface area contributed by atoms with Gasteiger partial charge in [-0.05, 0) is 29.8 Å². The first kappa shape index (κ1) is 17.1. The summed E-state index contributed by atoms with van der Waals surface area (Å²) in [6.45, 7) is 5.18. The zero-order valence-electron chi connectivity index (χ0n) is 12.6. The van der Waals surface area contributed by atoms with Gasteiger partial charge >= 0.3 is 5.97 Å². The zero-order chi connectivity index (χ0) is 16.8. The van der Waals surface area contributed by atoms with Crippen LogP contribution in [0, 0.1) is 0 Å². The molecule has 1 heterocycles. The molecule has 23 heavy (non-hydrogen) atoms. The van der Waals surface area contributed by atoms with Gasteiger partial charge in [-0.1, -0.05) is 36.4 Å². The normalized spacial score (nSPS) is 19.5. The lowest BCUT2D eigenvalue weighted by Crippen LogP contribution is -2.41. The molecule has 0 radical (unpaired) electrons. The van der Waals surface area contributed by atoms with Crippen molar-refractivity contribution in [3.8, 4) is 0 Å². The van der Waals surface area contributed by atoms with E-state index in [2.05, 4.69) is 6.58 Å². The molecule has 6 heteroatoms. The average molecular weight is 335 g/mol. The third kappa shape index (κ3) is 4.37. The number of aliphatic carboxylic acids is 1. The van der Waals surface area contributed by atoms with Crippen molar-refractivity contribution in [2.24, 2.45) is 5.73 Å². The van der Waals surface area contributed by atoms with Gasteiger partial charge in [0.1, 0.15) is 0 Å². The number of carbonyl (C=O) groups is 1. The van der Waals surface area contributed by atoms with Gasteiger partial charge in [0.15, 0.2) is 0 Å². The van der Waals surface area contributed by atoms with Crippen LogP contribution in [0.1, 0.15) is 11.6 Å². The van der Waals surface area contributed by atoms with Gasteiger partial charge in [0, 0.05) is 11.6 Å². The third-order valence-electron chi connectivity index (χ3n) is 3.62. The van der Waals surface area contributed by atoms with Gasteiger partial charge in [0.25, 0.3) is 0 Å². The molecule has 5 nitrogen and oxygen atoms in total. The maximum absolute atomic E-state index is 11.0. The molecule has 1 saturated heterocycles. The summed E-state index contributed by atoms with van der Waals surface area (Å²) in [5, 5.41) is 9.66. The topological polar surface area (TPSA) is 75.8 Å². The van der Waals surface area contributed by atoms with Crippen LogP contribution >= 0.6 is 11.6 Å². The number of morpholine rings is 1. The fraction of sp³-hybridized carbons (Fsp3) is 0.235. The average Bonchev–Trinajstić information content (AvgIpc) is 2.55. The summed E-state index contributed by atoms with van der Waals surface area (Å²) >= 11 is 5.93. The standard InChI is InChI=1S/C17H19ClN2O3/c1-2-12(17(21)22)5-8-16(19)20-9-10-23-11-15(20)13-3-6-14(18)7-4-13/h2-8,15H,1,9-11,19H2,(H,21,22)/b12-5+,16-8+. The fourth-order valence-electron chi connectivity index (χ4n) is 2.37. The summed E-state index contributed by atoms with van der Waals surface area (Å²) in [4.78, 5) is 13.0. The van der Waals surface area contributed by atoms with E-state index in [4.69, 9.17) is 27.2 Å². The molecule has 1 atom stereocenters. The Hall–Kier alpha value is -2.24. The minimum atomic E-state index is -1.04. The monoisotopic (exact) mass is 334 g/mol. The van der Waals surface area contributed by atoms with Gasteiger partial charge in [-0.25, -0.2) is 4.79 Å². The fourth-order valence-corrected chi connectivity index (χ4v) is 2.50. The maximum atomic E-state index is 11.0. The van der Waals surface area contributed by atoms with Crippen LogP contribution in [0.15, 0.2) is 60.5 Å². The molecule has 0 aliphatic carbocycles. The van der Waals surface area contributed by atoms with Crippen molar-refractivity contribution in [3.05, 3.63) is 71.1 Å². The molecule has 0 aromatic heterocycles. The van der Waals surface area contributed by atoms with Crippen molar-refractivity contribution in [2.45, 2.75) is 6.04 Å². The number of ether oxygens (including phenoxy) is 1. The van der Waals surface area contributed by atoms with Crippen molar-refractivity contribution in [3.63, 3.8) is 0 Å². The van der Waals surface area contributed by atoms with E-state index >= 15 is 0 Å². The number of carboxylic acid groups (broad SMARTS) is 1. The molecule has 0 saturated carbocycles. The highest BCUT2D eigenvalue weighted by atomic mass is 35.5. The van der Waals surface area contributed by atoms with Crippen LogP contribution in [0.2, 0.25) is 5.02 Å². The van der Waals surface area contributed by atoms with Crippen LogP contribution < -0.4 is 5.73 Å². The Labute approximate surface area is 140 Å². The highest BCUT2D eigenvalue weighted by Crippen LogP contribution is 2.27. The Kier molecular flexibility index (Phi) is 5.84. The second-order valence-corrected chi connectivity index (χ2v) is 5.49. The molecule has 1 fully saturated rings. The molecule has 1 aromatic carbocycles. The number of nitrogens with two attached hydrogens (primary N) is 1. The number of benzene rings is 1. The number of rotatable bonds is 5. The van der Waals surface area contributed by atoms with Gasteiger partial charge < -0.3 is 20.5 Å². The molecule has 1 aliphatic heterocycles. The van der Waals surface area contributed by atoms with Crippen molar-refractivity contribution in [2.75, 3.05) is 19.8 Å². The Morgan fingerprint density at radius 3 is 2.70 bits per heavy atom. The first-order chi connectivity index (χ1) is 11.0. The highest BCUT2D eigenvalue weighted by molar-refractivity contribution is 6.30. The lowest BCUT2D eigenvalue weighted by Gasteiger charge is -2.37. The van der Waals surface area contributed by atoms with Crippen LogP contribution in [0.3, 0.4) is 0 Å².